The summed E-state index contributed by atoms with van der Waals surface area (Å²) in [7, 11) is -9.47. The van der Waals surface area contributed by atoms with Crippen LogP contribution in [-0.2, 0) is 29.8 Å². The Hall–Kier alpha value is -3.22. The zero-order chi connectivity index (χ0) is 30.7. The normalized spacial score (nSPS) is 15.2. The molecule has 0 spiro atoms. The molecule has 0 amide bonds. The Balaban J connectivity index is 1.93. The third-order valence-corrected chi connectivity index (χ3v) is 7.90. The molecule has 0 aromatic heterocycles. The van der Waals surface area contributed by atoms with Gasteiger partial charge in [0.15, 0.2) is 0 Å². The molecule has 41 heavy (non-hydrogen) atoms. The van der Waals surface area contributed by atoms with Crippen molar-refractivity contribution in [3.05, 3.63) is 57.9 Å². The Labute approximate surface area is 245 Å². The molecule has 0 heterocycles. The van der Waals surface area contributed by atoms with Gasteiger partial charge in [-0.05, 0) is 43.3 Å². The molecule has 2 aromatic rings. The topological polar surface area (TPSA) is 237 Å². The molecule has 9 N–H and O–H groups in total. The molecule has 14 nitrogen and oxygen atoms in total. The molecule has 1 aliphatic carbocycles. The lowest BCUT2D eigenvalue weighted by atomic mass is 10.0. The molecule has 222 valence electrons. The van der Waals surface area contributed by atoms with Gasteiger partial charge in [-0.1, -0.05) is 23.2 Å². The van der Waals surface area contributed by atoms with Crippen LogP contribution < -0.4 is 27.0 Å². The summed E-state index contributed by atoms with van der Waals surface area (Å²) in [6.45, 7) is 1.52. The van der Waals surface area contributed by atoms with Crippen LogP contribution in [0.4, 0.5) is 22.7 Å². The summed E-state index contributed by atoms with van der Waals surface area (Å²) < 4.78 is 66.8. The molecule has 2 aromatic carbocycles. The molecule has 1 aliphatic rings. The van der Waals surface area contributed by atoms with E-state index in [2.05, 4.69) is 21.3 Å². The first kappa shape index (κ1) is 32.3. The standard InChI is InChI=1S/C23H25Cl2N5O9S2/c1-11(26)10-28-15-5-3-13(9-17(15)41(37,38)39)30-21-19(25)22(32)20(18(24)23(21)33)29-12-2-4-14(27-6-7-31)16(8-12)40(34,35)36/h2-5,8-9,11,27-31H,6-7,10,26H2,1H3,(H,34,35,36)(H,37,38,39). The van der Waals surface area contributed by atoms with Gasteiger partial charge in [-0.2, -0.15) is 16.8 Å². The maximum Gasteiger partial charge on any atom is 0.296 e. The highest BCUT2D eigenvalue weighted by Gasteiger charge is 2.34. The first-order valence-corrected chi connectivity index (χ1v) is 15.2. The van der Waals surface area contributed by atoms with E-state index in [-0.39, 0.29) is 48.5 Å². The van der Waals surface area contributed by atoms with Crippen molar-refractivity contribution in [2.75, 3.05) is 41.0 Å². The van der Waals surface area contributed by atoms with Gasteiger partial charge in [-0.3, -0.25) is 18.7 Å². The second kappa shape index (κ2) is 12.7. The van der Waals surface area contributed by atoms with E-state index < -0.39 is 63.1 Å². The van der Waals surface area contributed by atoms with Gasteiger partial charge in [-0.25, -0.2) is 0 Å². The van der Waals surface area contributed by atoms with E-state index in [0.717, 1.165) is 12.1 Å². The van der Waals surface area contributed by atoms with E-state index in [1.54, 1.807) is 6.92 Å². The van der Waals surface area contributed by atoms with Crippen LogP contribution in [0.2, 0.25) is 0 Å². The maximum absolute atomic E-state index is 13.1. The lowest BCUT2D eigenvalue weighted by Crippen LogP contribution is -2.27. The van der Waals surface area contributed by atoms with Crippen molar-refractivity contribution in [3.8, 4) is 0 Å². The van der Waals surface area contributed by atoms with E-state index in [1.807, 2.05) is 0 Å². The lowest BCUT2D eigenvalue weighted by molar-refractivity contribution is -0.115. The van der Waals surface area contributed by atoms with Crippen molar-refractivity contribution < 1.29 is 40.6 Å². The fourth-order valence-corrected chi connectivity index (χ4v) is 5.38. The van der Waals surface area contributed by atoms with Gasteiger partial charge in [0.2, 0.25) is 11.6 Å². The van der Waals surface area contributed by atoms with Crippen LogP contribution >= 0.6 is 23.2 Å². The lowest BCUT2D eigenvalue weighted by Gasteiger charge is -2.21. The minimum atomic E-state index is -4.75. The maximum atomic E-state index is 13.1. The zero-order valence-electron chi connectivity index (χ0n) is 21.1. The average molecular weight is 651 g/mol. The molecule has 0 aliphatic heterocycles. The summed E-state index contributed by atoms with van der Waals surface area (Å²) in [5.41, 5.74) is 4.58. The fourth-order valence-electron chi connectivity index (χ4n) is 3.54. The molecule has 3 rings (SSSR count). The number of halogens is 2. The summed E-state index contributed by atoms with van der Waals surface area (Å²) in [5.74, 6) is -1.94. The van der Waals surface area contributed by atoms with E-state index in [0.29, 0.717) is 0 Å². The highest BCUT2D eigenvalue weighted by molar-refractivity contribution is 7.86. The van der Waals surface area contributed by atoms with Crippen molar-refractivity contribution in [1.82, 2.24) is 0 Å². The number of Topliss-reactive ketones (excluding diaryl/α,β-unsaturated/α-hetero) is 2. The highest BCUT2D eigenvalue weighted by atomic mass is 35.5. The Kier molecular flexibility index (Phi) is 10.0. The van der Waals surface area contributed by atoms with Gasteiger partial charge in [-0.15, -0.1) is 0 Å². The molecular formula is C23H25Cl2N5O9S2. The molecule has 1 atom stereocenters. The van der Waals surface area contributed by atoms with Crippen LogP contribution in [0.25, 0.3) is 0 Å². The number of nitrogens with one attached hydrogen (secondary N) is 4. The quantitative estimate of drug-likeness (QED) is 0.121. The number of rotatable bonds is 12. The number of aliphatic hydroxyl groups is 1. The number of ketones is 2. The number of hydrogen-bond donors (Lipinski definition) is 8. The SMILES string of the molecule is CC(N)CNc1ccc(NC2=C(Cl)C(=O)C(Nc3ccc(NCCO)c(S(=O)(=O)O)c3)=C(Cl)C2=O)cc1S(=O)(=O)O. The number of hydrogen-bond acceptors (Lipinski definition) is 12. The molecule has 18 heteroatoms. The van der Waals surface area contributed by atoms with Crippen molar-refractivity contribution in [2.24, 2.45) is 5.73 Å². The van der Waals surface area contributed by atoms with Crippen LogP contribution in [0.1, 0.15) is 6.92 Å². The zero-order valence-corrected chi connectivity index (χ0v) is 24.2. The van der Waals surface area contributed by atoms with Gasteiger partial charge >= 0.3 is 0 Å². The van der Waals surface area contributed by atoms with Crippen LogP contribution in [0.3, 0.4) is 0 Å². The van der Waals surface area contributed by atoms with Crippen molar-refractivity contribution in [2.45, 2.75) is 22.8 Å². The number of anilines is 4. The number of carbonyl (C=O) groups excluding carboxylic acids is 2. The highest BCUT2D eigenvalue weighted by Crippen LogP contribution is 2.34. The van der Waals surface area contributed by atoms with Gasteiger partial charge in [0.1, 0.15) is 31.2 Å². The summed E-state index contributed by atoms with van der Waals surface area (Å²) in [4.78, 5) is 25.0. The van der Waals surface area contributed by atoms with Gasteiger partial charge < -0.3 is 32.1 Å². The number of nitrogens with two attached hydrogens (primary N) is 1. The monoisotopic (exact) mass is 649 g/mol. The Morgan fingerprint density at radius 3 is 1.59 bits per heavy atom. The van der Waals surface area contributed by atoms with Gasteiger partial charge in [0.25, 0.3) is 20.2 Å². The second-order valence-electron chi connectivity index (χ2n) is 8.67. The van der Waals surface area contributed by atoms with Crippen LogP contribution in [0.15, 0.2) is 67.6 Å². The van der Waals surface area contributed by atoms with Gasteiger partial charge in [0, 0.05) is 30.5 Å². The van der Waals surface area contributed by atoms with E-state index in [1.165, 1.54) is 24.3 Å². The minimum absolute atomic E-state index is 0.0205. The molecule has 0 radical (unpaired) electrons. The first-order valence-electron chi connectivity index (χ1n) is 11.5. The Bertz CT molecular complexity index is 1670. The number of benzene rings is 2. The van der Waals surface area contributed by atoms with Crippen LogP contribution in [0.5, 0.6) is 0 Å². The fraction of sp³-hybridized carbons (Fsp3) is 0.217. The summed E-state index contributed by atoms with van der Waals surface area (Å²) in [6.07, 6.45) is 0. The summed E-state index contributed by atoms with van der Waals surface area (Å²) in [6, 6.07) is 6.83. The number of aliphatic hydroxyl groups excluding tert-OH is 1. The molecule has 0 fully saturated rings. The molecule has 0 saturated heterocycles. The van der Waals surface area contributed by atoms with Crippen LogP contribution in [0, 0.1) is 0 Å². The first-order chi connectivity index (χ1) is 19.0. The molecule has 0 bridgehead atoms. The van der Waals surface area contributed by atoms with E-state index >= 15 is 0 Å². The van der Waals surface area contributed by atoms with Crippen molar-refractivity contribution in [3.63, 3.8) is 0 Å². The van der Waals surface area contributed by atoms with Crippen molar-refractivity contribution in [1.29, 1.82) is 0 Å². The van der Waals surface area contributed by atoms with Gasteiger partial charge in [0.05, 0.1) is 18.0 Å². The Morgan fingerprint density at radius 2 is 1.22 bits per heavy atom. The predicted molar refractivity (Wildman–Crippen MR) is 153 cm³/mol. The molecular weight excluding hydrogens is 625 g/mol. The smallest absolute Gasteiger partial charge is 0.296 e. The predicted octanol–water partition coefficient (Wildman–Crippen LogP) is 1.92. The Morgan fingerprint density at radius 1 is 0.805 bits per heavy atom. The second-order valence-corrected chi connectivity index (χ2v) is 12.2. The van der Waals surface area contributed by atoms with Crippen molar-refractivity contribution >= 4 is 77.8 Å². The number of allylic oxidation sites excluding steroid dienone is 2. The average Bonchev–Trinajstić information content (AvgIpc) is 2.89. The molecule has 0 saturated carbocycles. The third kappa shape index (κ3) is 7.75. The summed E-state index contributed by atoms with van der Waals surface area (Å²) in [5, 5.41) is 18.2. The molecule has 1 unspecified atom stereocenters. The minimum Gasteiger partial charge on any atom is -0.395 e. The van der Waals surface area contributed by atoms with E-state index in [4.69, 9.17) is 34.0 Å². The third-order valence-electron chi connectivity index (χ3n) is 5.39. The number of carbonyl (C=O) groups is 2. The summed E-state index contributed by atoms with van der Waals surface area (Å²) >= 11 is 12.4. The largest absolute Gasteiger partial charge is 0.395 e. The van der Waals surface area contributed by atoms with E-state index in [9.17, 15) is 35.5 Å². The van der Waals surface area contributed by atoms with Crippen LogP contribution in [-0.4, -0.2) is 68.4 Å².